The molecule has 0 aromatic heterocycles. The summed E-state index contributed by atoms with van der Waals surface area (Å²) in [4.78, 5) is 41.9. The molecule has 2 aromatic rings. The van der Waals surface area contributed by atoms with Crippen LogP contribution >= 0.6 is 0 Å². The van der Waals surface area contributed by atoms with Crippen LogP contribution in [0.15, 0.2) is 54.1 Å². The van der Waals surface area contributed by atoms with Gasteiger partial charge in [0.25, 0.3) is 0 Å². The summed E-state index contributed by atoms with van der Waals surface area (Å²) in [5.41, 5.74) is 5.72. The van der Waals surface area contributed by atoms with E-state index in [4.69, 9.17) is 0 Å². The number of benzene rings is 2. The summed E-state index contributed by atoms with van der Waals surface area (Å²) >= 11 is 0. The maximum absolute atomic E-state index is 13.9. The molecule has 4 rings (SSSR count). The van der Waals surface area contributed by atoms with Gasteiger partial charge in [-0.05, 0) is 61.4 Å². The Balaban J connectivity index is 1.63. The number of carboxylic acid groups (broad SMARTS) is 1. The molecule has 3 amide bonds. The average molecular weight is 544 g/mol. The summed E-state index contributed by atoms with van der Waals surface area (Å²) in [5, 5.41) is 12.9. The topological polar surface area (TPSA) is 90.0 Å². The van der Waals surface area contributed by atoms with Gasteiger partial charge < -0.3 is 15.3 Å². The molecule has 0 unspecified atom stereocenters. The maximum Gasteiger partial charge on any atom is 0.408 e. The molecule has 0 saturated carbocycles. The molecule has 0 spiro atoms. The molecule has 2 aromatic carbocycles. The van der Waals surface area contributed by atoms with Crippen molar-refractivity contribution in [2.75, 3.05) is 19.6 Å². The van der Waals surface area contributed by atoms with Gasteiger partial charge >= 0.3 is 6.09 Å². The summed E-state index contributed by atoms with van der Waals surface area (Å²) in [6.07, 6.45) is 4.50. The number of carbonyl (C=O) groups is 3. The Morgan fingerprint density at radius 3 is 1.82 bits per heavy atom. The van der Waals surface area contributed by atoms with Crippen molar-refractivity contribution in [3.05, 3.63) is 76.4 Å². The lowest BCUT2D eigenvalue weighted by atomic mass is 9.86. The fraction of sp³-hybridized carbons (Fsp3) is 0.424. The van der Waals surface area contributed by atoms with Crippen LogP contribution in [0.25, 0.3) is 17.7 Å². The summed E-state index contributed by atoms with van der Waals surface area (Å²) < 4.78 is 0. The third-order valence-corrected chi connectivity index (χ3v) is 7.60. The van der Waals surface area contributed by atoms with Crippen LogP contribution in [-0.2, 0) is 9.59 Å². The van der Waals surface area contributed by atoms with Crippen molar-refractivity contribution < 1.29 is 19.5 Å². The van der Waals surface area contributed by atoms with Crippen LogP contribution in [-0.4, -0.2) is 64.0 Å². The third kappa shape index (κ3) is 6.14. The molecule has 212 valence electrons. The average Bonchev–Trinajstić information content (AvgIpc) is 3.06. The molecule has 0 bridgehead atoms. The lowest BCUT2D eigenvalue weighted by molar-refractivity contribution is -0.139. The second-order valence-electron chi connectivity index (χ2n) is 12.6. The first-order valence-corrected chi connectivity index (χ1v) is 14.0. The van der Waals surface area contributed by atoms with Crippen LogP contribution in [0.2, 0.25) is 0 Å². The molecular weight excluding hydrogens is 502 g/mol. The van der Waals surface area contributed by atoms with Gasteiger partial charge in [0.1, 0.15) is 6.04 Å². The van der Waals surface area contributed by atoms with Crippen molar-refractivity contribution >= 4 is 35.6 Å². The van der Waals surface area contributed by atoms with Gasteiger partial charge in [0.15, 0.2) is 0 Å². The third-order valence-electron chi connectivity index (χ3n) is 7.60. The zero-order chi connectivity index (χ0) is 29.2. The van der Waals surface area contributed by atoms with E-state index in [1.54, 1.807) is 46.4 Å². The van der Waals surface area contributed by atoms with Crippen LogP contribution in [0.1, 0.15) is 76.6 Å². The minimum Gasteiger partial charge on any atom is -0.465 e. The molecule has 2 aliphatic rings. The molecule has 1 heterocycles. The fourth-order valence-corrected chi connectivity index (χ4v) is 5.53. The highest BCUT2D eigenvalue weighted by Crippen LogP contribution is 2.39. The van der Waals surface area contributed by atoms with E-state index >= 15 is 0 Å². The smallest absolute Gasteiger partial charge is 0.408 e. The van der Waals surface area contributed by atoms with Gasteiger partial charge in [-0.3, -0.25) is 14.5 Å². The Hall–Kier alpha value is -3.87. The largest absolute Gasteiger partial charge is 0.465 e. The van der Waals surface area contributed by atoms with E-state index in [0.29, 0.717) is 25.9 Å². The highest BCUT2D eigenvalue weighted by molar-refractivity contribution is 5.95. The van der Waals surface area contributed by atoms with Crippen LogP contribution in [0.5, 0.6) is 0 Å². The first-order valence-electron chi connectivity index (χ1n) is 14.0. The minimum atomic E-state index is -1.19. The van der Waals surface area contributed by atoms with Crippen molar-refractivity contribution in [2.24, 2.45) is 5.41 Å². The first kappa shape index (κ1) is 29.1. The number of likely N-dealkylation sites (tertiary alicyclic amines) is 1. The lowest BCUT2D eigenvalue weighted by Crippen LogP contribution is -2.61. The van der Waals surface area contributed by atoms with Gasteiger partial charge in [0, 0.05) is 30.6 Å². The number of carbonyl (C=O) groups excluding carboxylic acids is 2. The lowest BCUT2D eigenvalue weighted by Gasteiger charge is -2.42. The number of amides is 3. The number of fused-ring (bicyclic) bond motifs is 2. The summed E-state index contributed by atoms with van der Waals surface area (Å²) in [5.74, 6) is -0.506. The van der Waals surface area contributed by atoms with E-state index in [1.807, 2.05) is 12.1 Å². The maximum atomic E-state index is 13.9. The minimum absolute atomic E-state index is 0.0740. The molecule has 1 aliphatic heterocycles. The number of hydrogen-bond acceptors (Lipinski definition) is 3. The Kier molecular flexibility index (Phi) is 8.24. The normalized spacial score (nSPS) is 16.0. The Bertz CT molecular complexity index is 1300. The van der Waals surface area contributed by atoms with E-state index in [2.05, 4.69) is 53.9 Å². The van der Waals surface area contributed by atoms with E-state index in [0.717, 1.165) is 11.1 Å². The first-order chi connectivity index (χ1) is 18.8. The van der Waals surface area contributed by atoms with Crippen LogP contribution < -0.4 is 5.32 Å². The van der Waals surface area contributed by atoms with Gasteiger partial charge in [-0.25, -0.2) is 4.79 Å². The standard InChI is InChI=1S/C33H41N3O4/c1-32(2,3)30(38)34-21-27(36(31(39)40)33(4,5)6)29(37)35-19-17-24(18-20-35)28-25-13-9-7-11-22(25)15-16-23-12-8-10-14-26(23)28/h7-16,27H,17-21H2,1-6H3,(H,34,38)(H,39,40)/t27-/m0/s1. The molecule has 40 heavy (non-hydrogen) atoms. The van der Waals surface area contributed by atoms with Gasteiger partial charge in [0.2, 0.25) is 11.8 Å². The summed E-state index contributed by atoms with van der Waals surface area (Å²) in [6, 6.07) is 15.7. The molecule has 2 N–H and O–H groups in total. The fourth-order valence-electron chi connectivity index (χ4n) is 5.53. The van der Waals surface area contributed by atoms with Gasteiger partial charge in [-0.1, -0.05) is 87.0 Å². The molecule has 1 atom stereocenters. The van der Waals surface area contributed by atoms with E-state index in [-0.39, 0.29) is 18.4 Å². The Morgan fingerprint density at radius 1 is 0.875 bits per heavy atom. The molecular formula is C33H41N3O4. The van der Waals surface area contributed by atoms with Gasteiger partial charge in [-0.2, -0.15) is 0 Å². The van der Waals surface area contributed by atoms with Crippen LogP contribution in [0.4, 0.5) is 4.79 Å². The molecule has 7 heteroatoms. The van der Waals surface area contributed by atoms with Crippen molar-refractivity contribution in [1.29, 1.82) is 0 Å². The van der Waals surface area contributed by atoms with Gasteiger partial charge in [-0.15, -0.1) is 0 Å². The summed E-state index contributed by atoms with van der Waals surface area (Å²) in [6.45, 7) is 11.6. The number of nitrogens with zero attached hydrogens (tertiary/aromatic N) is 2. The quantitative estimate of drug-likeness (QED) is 0.429. The zero-order valence-electron chi connectivity index (χ0n) is 24.5. The zero-order valence-corrected chi connectivity index (χ0v) is 24.5. The molecule has 1 aliphatic carbocycles. The monoisotopic (exact) mass is 543 g/mol. The molecule has 1 fully saturated rings. The second kappa shape index (κ2) is 11.3. The van der Waals surface area contributed by atoms with Crippen molar-refractivity contribution in [1.82, 2.24) is 15.1 Å². The van der Waals surface area contributed by atoms with Gasteiger partial charge in [0.05, 0.1) is 0 Å². The highest BCUT2D eigenvalue weighted by atomic mass is 16.4. The van der Waals surface area contributed by atoms with Crippen molar-refractivity contribution in [3.63, 3.8) is 0 Å². The number of hydrogen-bond donors (Lipinski definition) is 2. The van der Waals surface area contributed by atoms with E-state index < -0.39 is 23.1 Å². The van der Waals surface area contributed by atoms with Crippen LogP contribution in [0.3, 0.4) is 0 Å². The van der Waals surface area contributed by atoms with Crippen molar-refractivity contribution in [3.8, 4) is 0 Å². The number of rotatable bonds is 4. The number of piperidine rings is 1. The Labute approximate surface area is 237 Å². The molecule has 1 saturated heterocycles. The predicted octanol–water partition coefficient (Wildman–Crippen LogP) is 5.90. The molecule has 0 radical (unpaired) electrons. The van der Waals surface area contributed by atoms with Crippen molar-refractivity contribution in [2.45, 2.75) is 66.0 Å². The van der Waals surface area contributed by atoms with Crippen LogP contribution in [0, 0.1) is 5.41 Å². The molecule has 7 nitrogen and oxygen atoms in total. The SMILES string of the molecule is CC(C)(C)C(=O)NC[C@@H](C(=O)N1CCC(=C2c3ccccc3C=Cc3ccccc32)CC1)N(C(=O)O)C(C)(C)C. The summed E-state index contributed by atoms with van der Waals surface area (Å²) in [7, 11) is 0. The predicted molar refractivity (Wildman–Crippen MR) is 160 cm³/mol. The Morgan fingerprint density at radius 2 is 1.38 bits per heavy atom. The van der Waals surface area contributed by atoms with E-state index in [1.165, 1.54) is 27.2 Å². The highest BCUT2D eigenvalue weighted by Gasteiger charge is 2.40. The second-order valence-corrected chi connectivity index (χ2v) is 12.6. The van der Waals surface area contributed by atoms with E-state index in [9.17, 15) is 19.5 Å². The number of nitrogens with one attached hydrogen (secondary N) is 1.